The van der Waals surface area contributed by atoms with Crippen molar-refractivity contribution in [2.24, 2.45) is 10.2 Å². The molecule has 0 saturated heterocycles. The third-order valence-corrected chi connectivity index (χ3v) is 6.66. The van der Waals surface area contributed by atoms with Gasteiger partial charge in [0.1, 0.15) is 41.7 Å². The number of nitrogens with two attached hydrogens (primary N) is 1. The molecular formula is C16H10N3Na3O10S3. The van der Waals surface area contributed by atoms with Crippen LogP contribution in [0.15, 0.2) is 67.4 Å². The van der Waals surface area contributed by atoms with Crippen molar-refractivity contribution in [3.63, 3.8) is 0 Å². The Bertz CT molecular complexity index is 1630. The Morgan fingerprint density at radius 3 is 1.80 bits per heavy atom. The molecule has 19 heteroatoms. The molecular weight excluding hydrogens is 559 g/mol. The summed E-state index contributed by atoms with van der Waals surface area (Å²) in [5, 5.41) is 17.2. The summed E-state index contributed by atoms with van der Waals surface area (Å²) in [6, 6.07) is 6.19. The summed E-state index contributed by atoms with van der Waals surface area (Å²) in [4.78, 5) is -3.11. The van der Waals surface area contributed by atoms with Gasteiger partial charge in [0.15, 0.2) is 5.75 Å². The van der Waals surface area contributed by atoms with Crippen molar-refractivity contribution in [3.05, 3.63) is 42.5 Å². The topological polar surface area (TPSA) is 243 Å². The average molecular weight is 569 g/mol. The molecule has 0 radical (unpaired) electrons. The number of benzene rings is 3. The van der Waals surface area contributed by atoms with Gasteiger partial charge in [0.25, 0.3) is 0 Å². The van der Waals surface area contributed by atoms with E-state index in [4.69, 9.17) is 5.73 Å². The number of anilines is 1. The van der Waals surface area contributed by atoms with Gasteiger partial charge in [0.2, 0.25) is 0 Å². The molecule has 0 amide bonds. The fraction of sp³-hybridized carbons (Fsp3) is 0. The average Bonchev–Trinajstić information content (AvgIpc) is 2.64. The molecule has 0 spiro atoms. The minimum absolute atomic E-state index is 0. The number of azo groups is 1. The largest absolute Gasteiger partial charge is 1.00 e. The number of nitrogen functional groups attached to an aromatic ring is 1. The standard InChI is InChI=1S/C16H13N3O10S3.3Na/c17-9-1-3-11-8(5-9)6-14(32(27,28)29)15(16(11)20)19-18-12-7-10(30(21,22)23)2-4-13(12)31(24,25)26;;;/h1-7,20H,17H2,(H,21,22,23)(H,24,25,26)(H,27,28,29);;;/q;3*+1/p-3. The Kier molecular flexibility index (Phi) is 12.5. The molecule has 3 N–H and O–H groups in total. The van der Waals surface area contributed by atoms with E-state index in [0.717, 1.165) is 6.07 Å². The first kappa shape index (κ1) is 34.9. The van der Waals surface area contributed by atoms with Gasteiger partial charge in [-0.25, -0.2) is 25.3 Å². The van der Waals surface area contributed by atoms with E-state index in [1.807, 2.05) is 0 Å². The predicted octanol–water partition coefficient (Wildman–Crippen LogP) is -7.73. The fourth-order valence-electron chi connectivity index (χ4n) is 2.70. The maximum Gasteiger partial charge on any atom is 1.00 e. The fourth-order valence-corrected chi connectivity index (χ4v) is 4.43. The van der Waals surface area contributed by atoms with Crippen LogP contribution in [0.25, 0.3) is 10.8 Å². The van der Waals surface area contributed by atoms with Crippen LogP contribution in [0.3, 0.4) is 0 Å². The van der Waals surface area contributed by atoms with Gasteiger partial charge in [0, 0.05) is 11.1 Å². The zero-order valence-corrected chi connectivity index (χ0v) is 26.8. The van der Waals surface area contributed by atoms with E-state index >= 15 is 0 Å². The second-order valence-corrected chi connectivity index (χ2v) is 10.3. The van der Waals surface area contributed by atoms with E-state index in [2.05, 4.69) is 10.2 Å². The SMILES string of the molecule is Nc1ccc2c(O)c(N=Nc3cc(S(=O)(=O)[O-])ccc3S(=O)(=O)[O-])c(S(=O)(=O)[O-])cc2c1.[Na+].[Na+].[Na+]. The molecule has 3 aromatic carbocycles. The van der Waals surface area contributed by atoms with Gasteiger partial charge < -0.3 is 24.5 Å². The van der Waals surface area contributed by atoms with Crippen LogP contribution < -0.4 is 94.4 Å². The predicted molar refractivity (Wildman–Crippen MR) is 105 cm³/mol. The first-order chi connectivity index (χ1) is 14.6. The summed E-state index contributed by atoms with van der Waals surface area (Å²) in [5.41, 5.74) is 3.93. The third kappa shape index (κ3) is 8.17. The second kappa shape index (κ2) is 12.6. The van der Waals surface area contributed by atoms with Crippen LogP contribution in [0.1, 0.15) is 0 Å². The molecule has 0 fully saturated rings. The number of rotatable bonds is 5. The van der Waals surface area contributed by atoms with Crippen molar-refractivity contribution in [1.29, 1.82) is 0 Å². The first-order valence-electron chi connectivity index (χ1n) is 8.08. The molecule has 35 heavy (non-hydrogen) atoms. The zero-order valence-electron chi connectivity index (χ0n) is 18.4. The Labute approximate surface area is 266 Å². The molecule has 0 saturated carbocycles. The van der Waals surface area contributed by atoms with Gasteiger partial charge in [-0.1, -0.05) is 0 Å². The molecule has 0 atom stereocenters. The summed E-state index contributed by atoms with van der Waals surface area (Å²) in [5.74, 6) is -0.847. The van der Waals surface area contributed by atoms with E-state index < -0.39 is 62.2 Å². The monoisotopic (exact) mass is 569 g/mol. The van der Waals surface area contributed by atoms with Gasteiger partial charge in [-0.15, -0.1) is 10.2 Å². The molecule has 13 nitrogen and oxygen atoms in total. The molecule has 3 rings (SSSR count). The minimum Gasteiger partial charge on any atom is -0.744 e. The molecule has 3 aromatic rings. The van der Waals surface area contributed by atoms with Crippen molar-refractivity contribution in [2.75, 3.05) is 5.73 Å². The Morgan fingerprint density at radius 2 is 1.29 bits per heavy atom. The quantitative estimate of drug-likeness (QED) is 0.126. The van der Waals surface area contributed by atoms with Crippen molar-refractivity contribution < 1.29 is 133 Å². The summed E-state index contributed by atoms with van der Waals surface area (Å²) in [6.07, 6.45) is 0. The number of aromatic hydroxyl groups is 1. The van der Waals surface area contributed by atoms with Crippen LogP contribution in [0.2, 0.25) is 0 Å². The number of hydrogen-bond donors (Lipinski definition) is 2. The van der Waals surface area contributed by atoms with E-state index in [-0.39, 0.29) is 105 Å². The van der Waals surface area contributed by atoms with Crippen molar-refractivity contribution in [2.45, 2.75) is 14.7 Å². The Morgan fingerprint density at radius 1 is 0.714 bits per heavy atom. The number of fused-ring (bicyclic) bond motifs is 1. The molecule has 0 aliphatic carbocycles. The first-order valence-corrected chi connectivity index (χ1v) is 12.3. The van der Waals surface area contributed by atoms with E-state index in [1.54, 1.807) is 0 Å². The van der Waals surface area contributed by atoms with Crippen LogP contribution in [-0.2, 0) is 30.4 Å². The van der Waals surface area contributed by atoms with E-state index in [1.165, 1.54) is 18.2 Å². The molecule has 0 aromatic heterocycles. The number of hydrogen-bond acceptors (Lipinski definition) is 13. The van der Waals surface area contributed by atoms with Crippen molar-refractivity contribution >= 4 is 58.2 Å². The van der Waals surface area contributed by atoms with E-state index in [0.29, 0.717) is 18.2 Å². The Hall–Kier alpha value is -0.150. The molecule has 0 aliphatic heterocycles. The van der Waals surface area contributed by atoms with Crippen LogP contribution in [-0.4, -0.2) is 44.0 Å². The maximum absolute atomic E-state index is 11.7. The summed E-state index contributed by atoms with van der Waals surface area (Å²) < 4.78 is 103. The van der Waals surface area contributed by atoms with Crippen LogP contribution in [0.4, 0.5) is 17.1 Å². The molecule has 0 aliphatic rings. The molecule has 0 bridgehead atoms. The van der Waals surface area contributed by atoms with Gasteiger partial charge in [-0.05, 0) is 47.9 Å². The van der Waals surface area contributed by atoms with Crippen molar-refractivity contribution in [3.8, 4) is 5.75 Å². The smallest absolute Gasteiger partial charge is 0.744 e. The molecule has 0 unspecified atom stereocenters. The minimum atomic E-state index is -5.27. The number of phenols is 1. The van der Waals surface area contributed by atoms with Crippen LogP contribution >= 0.6 is 0 Å². The van der Waals surface area contributed by atoms with Gasteiger partial charge in [-0.2, -0.15) is 0 Å². The van der Waals surface area contributed by atoms with Gasteiger partial charge in [-0.3, -0.25) is 0 Å². The van der Waals surface area contributed by atoms with Gasteiger partial charge >= 0.3 is 88.7 Å². The Balaban J connectivity index is 0.00000385. The molecule has 170 valence electrons. The third-order valence-electron chi connectivity index (χ3n) is 4.09. The van der Waals surface area contributed by atoms with Crippen molar-refractivity contribution in [1.82, 2.24) is 0 Å². The van der Waals surface area contributed by atoms with Crippen LogP contribution in [0, 0.1) is 0 Å². The number of phenolic OH excluding ortho intramolecular Hbond substituents is 1. The normalized spacial score (nSPS) is 12.0. The van der Waals surface area contributed by atoms with E-state index in [9.17, 15) is 44.0 Å². The summed E-state index contributed by atoms with van der Waals surface area (Å²) >= 11 is 0. The second-order valence-electron chi connectivity index (χ2n) is 6.24. The van der Waals surface area contributed by atoms with Gasteiger partial charge in [0.05, 0.1) is 14.7 Å². The summed E-state index contributed by atoms with van der Waals surface area (Å²) in [7, 11) is -15.6. The number of nitrogens with zero attached hydrogens (tertiary/aromatic N) is 2. The maximum atomic E-state index is 11.7. The molecule has 0 heterocycles. The summed E-state index contributed by atoms with van der Waals surface area (Å²) in [6.45, 7) is 0. The van der Waals surface area contributed by atoms with Crippen LogP contribution in [0.5, 0.6) is 5.75 Å². The zero-order chi connectivity index (χ0) is 24.1.